The Morgan fingerprint density at radius 3 is 2.81 bits per heavy atom. The zero-order valence-electron chi connectivity index (χ0n) is 11.8. The molecule has 2 atom stereocenters. The van der Waals surface area contributed by atoms with E-state index in [1.807, 2.05) is 6.92 Å². The van der Waals surface area contributed by atoms with Gasteiger partial charge in [-0.25, -0.2) is 0 Å². The number of nitrogens with zero attached hydrogens (tertiary/aromatic N) is 2. The van der Waals surface area contributed by atoms with Crippen LogP contribution in [0.4, 0.5) is 0 Å². The van der Waals surface area contributed by atoms with Crippen molar-refractivity contribution in [3.05, 3.63) is 17.5 Å². The van der Waals surface area contributed by atoms with Gasteiger partial charge in [-0.2, -0.15) is 0 Å². The summed E-state index contributed by atoms with van der Waals surface area (Å²) in [6.07, 6.45) is 2.13. The molecule has 2 unspecified atom stereocenters. The second-order valence-corrected chi connectivity index (χ2v) is 5.53. The lowest BCUT2D eigenvalue weighted by Gasteiger charge is -2.28. The van der Waals surface area contributed by atoms with Crippen molar-refractivity contribution in [2.75, 3.05) is 19.8 Å². The van der Waals surface area contributed by atoms with Gasteiger partial charge in [0.25, 0.3) is 5.91 Å². The van der Waals surface area contributed by atoms with E-state index < -0.39 is 17.9 Å². The highest BCUT2D eigenvalue weighted by Gasteiger charge is 2.40. The summed E-state index contributed by atoms with van der Waals surface area (Å²) < 4.78 is 10.4. The van der Waals surface area contributed by atoms with E-state index in [-0.39, 0.29) is 24.8 Å². The minimum Gasteiger partial charge on any atom is -0.481 e. The van der Waals surface area contributed by atoms with Crippen molar-refractivity contribution in [1.29, 1.82) is 0 Å². The molecule has 0 radical (unpaired) electrons. The average Bonchev–Trinajstić information content (AvgIpc) is 3.02. The predicted octanol–water partition coefficient (Wildman–Crippen LogP) is 1.11. The molecule has 1 aromatic rings. The number of aromatic nitrogens is 1. The van der Waals surface area contributed by atoms with Crippen LogP contribution in [0.2, 0.25) is 0 Å². The number of carbonyl (C=O) groups is 2. The van der Waals surface area contributed by atoms with Crippen molar-refractivity contribution in [1.82, 2.24) is 10.1 Å². The number of carbonyl (C=O) groups excluding carboxylic acids is 1. The maximum absolute atomic E-state index is 12.5. The Morgan fingerprint density at radius 2 is 2.19 bits per heavy atom. The first-order chi connectivity index (χ1) is 10.1. The normalized spacial score (nSPS) is 25.0. The molecule has 1 amide bonds. The first-order valence-electron chi connectivity index (χ1n) is 7.20. The van der Waals surface area contributed by atoms with Crippen LogP contribution < -0.4 is 0 Å². The monoisotopic (exact) mass is 294 g/mol. The first kappa shape index (κ1) is 14.1. The van der Waals surface area contributed by atoms with Gasteiger partial charge in [0.15, 0.2) is 5.69 Å². The average molecular weight is 294 g/mol. The molecule has 0 spiro atoms. The SMILES string of the molecule is CCN(C(=O)c1cc(C2CC2)on1)C1COCC1C(=O)O. The lowest BCUT2D eigenvalue weighted by atomic mass is 10.0. The summed E-state index contributed by atoms with van der Waals surface area (Å²) in [4.78, 5) is 25.3. The molecule has 0 aromatic carbocycles. The van der Waals surface area contributed by atoms with E-state index >= 15 is 0 Å². The van der Waals surface area contributed by atoms with Gasteiger partial charge >= 0.3 is 5.97 Å². The molecule has 2 aliphatic rings. The third-order valence-electron chi connectivity index (χ3n) is 4.10. The second-order valence-electron chi connectivity index (χ2n) is 5.53. The summed E-state index contributed by atoms with van der Waals surface area (Å²) in [6, 6.07) is 1.22. The van der Waals surface area contributed by atoms with Gasteiger partial charge in [0.05, 0.1) is 19.3 Å². The van der Waals surface area contributed by atoms with Crippen LogP contribution in [0.3, 0.4) is 0 Å². The fourth-order valence-corrected chi connectivity index (χ4v) is 2.71. The summed E-state index contributed by atoms with van der Waals surface area (Å²) in [5, 5.41) is 13.0. The van der Waals surface area contributed by atoms with E-state index in [1.54, 1.807) is 6.07 Å². The number of hydrogen-bond donors (Lipinski definition) is 1. The molecule has 1 saturated heterocycles. The Hall–Kier alpha value is -1.89. The Labute approximate surface area is 121 Å². The first-order valence-corrected chi connectivity index (χ1v) is 7.20. The van der Waals surface area contributed by atoms with Gasteiger partial charge in [0.1, 0.15) is 11.7 Å². The topological polar surface area (TPSA) is 92.9 Å². The Bertz CT molecular complexity index is 551. The molecule has 3 rings (SSSR count). The molecule has 114 valence electrons. The Morgan fingerprint density at radius 1 is 1.43 bits per heavy atom. The van der Waals surface area contributed by atoms with E-state index in [4.69, 9.17) is 9.26 Å². The van der Waals surface area contributed by atoms with Crippen LogP contribution in [-0.2, 0) is 9.53 Å². The summed E-state index contributed by atoms with van der Waals surface area (Å²) >= 11 is 0. The smallest absolute Gasteiger partial charge is 0.311 e. The maximum atomic E-state index is 12.5. The van der Waals surface area contributed by atoms with Gasteiger partial charge < -0.3 is 19.3 Å². The van der Waals surface area contributed by atoms with E-state index in [2.05, 4.69) is 5.16 Å². The second kappa shape index (κ2) is 5.48. The molecule has 1 aromatic heterocycles. The van der Waals surface area contributed by atoms with Crippen molar-refractivity contribution in [2.24, 2.45) is 5.92 Å². The molecule has 1 N–H and O–H groups in total. The van der Waals surface area contributed by atoms with Gasteiger partial charge in [0.2, 0.25) is 0 Å². The van der Waals surface area contributed by atoms with Crippen molar-refractivity contribution < 1.29 is 24.0 Å². The van der Waals surface area contributed by atoms with Gasteiger partial charge in [-0.05, 0) is 19.8 Å². The molecule has 1 aliphatic heterocycles. The molecule has 2 heterocycles. The number of carboxylic acids is 1. The van der Waals surface area contributed by atoms with Crippen LogP contribution in [0.25, 0.3) is 0 Å². The van der Waals surface area contributed by atoms with E-state index in [0.29, 0.717) is 12.5 Å². The molecule has 1 saturated carbocycles. The number of aliphatic carboxylic acids is 1. The van der Waals surface area contributed by atoms with Gasteiger partial charge in [-0.3, -0.25) is 9.59 Å². The minimum absolute atomic E-state index is 0.135. The fourth-order valence-electron chi connectivity index (χ4n) is 2.71. The van der Waals surface area contributed by atoms with E-state index in [0.717, 1.165) is 18.6 Å². The molecule has 2 fully saturated rings. The maximum Gasteiger partial charge on any atom is 0.311 e. The standard InChI is InChI=1S/C14H18N2O5/c1-2-16(11-7-20-6-9(11)14(18)19)13(17)10-5-12(21-15-10)8-3-4-8/h5,8-9,11H,2-4,6-7H2,1H3,(H,18,19). The highest BCUT2D eigenvalue weighted by Crippen LogP contribution is 2.40. The number of carboxylic acid groups (broad SMARTS) is 1. The fraction of sp³-hybridized carbons (Fsp3) is 0.643. The molecule has 7 heteroatoms. The third-order valence-corrected chi connectivity index (χ3v) is 4.10. The summed E-state index contributed by atoms with van der Waals surface area (Å²) in [5.41, 5.74) is 0.245. The molecular weight excluding hydrogens is 276 g/mol. The summed E-state index contributed by atoms with van der Waals surface area (Å²) in [6.45, 7) is 2.60. The lowest BCUT2D eigenvalue weighted by molar-refractivity contribution is -0.142. The number of likely N-dealkylation sites (N-methyl/N-ethyl adjacent to an activating group) is 1. The van der Waals surface area contributed by atoms with Gasteiger partial charge in [-0.15, -0.1) is 0 Å². The highest BCUT2D eigenvalue weighted by molar-refractivity contribution is 5.93. The molecular formula is C14H18N2O5. The van der Waals surface area contributed by atoms with Crippen LogP contribution >= 0.6 is 0 Å². The van der Waals surface area contributed by atoms with E-state index in [9.17, 15) is 14.7 Å². The number of hydrogen-bond acceptors (Lipinski definition) is 5. The molecule has 0 bridgehead atoms. The molecule has 1 aliphatic carbocycles. The minimum atomic E-state index is -0.942. The molecule has 21 heavy (non-hydrogen) atoms. The largest absolute Gasteiger partial charge is 0.481 e. The Balaban J connectivity index is 1.77. The molecule has 7 nitrogen and oxygen atoms in total. The van der Waals surface area contributed by atoms with Crippen LogP contribution in [0.5, 0.6) is 0 Å². The van der Waals surface area contributed by atoms with Crippen LogP contribution in [-0.4, -0.2) is 52.8 Å². The summed E-state index contributed by atoms with van der Waals surface area (Å²) in [7, 11) is 0. The van der Waals surface area contributed by atoms with Crippen molar-refractivity contribution in [3.8, 4) is 0 Å². The summed E-state index contributed by atoms with van der Waals surface area (Å²) in [5.74, 6) is -0.802. The van der Waals surface area contributed by atoms with E-state index in [1.165, 1.54) is 4.90 Å². The number of rotatable bonds is 5. The third kappa shape index (κ3) is 2.65. The highest BCUT2D eigenvalue weighted by atomic mass is 16.5. The quantitative estimate of drug-likeness (QED) is 0.874. The number of amides is 1. The van der Waals surface area contributed by atoms with Crippen LogP contribution in [0.1, 0.15) is 41.9 Å². The number of ether oxygens (including phenoxy) is 1. The zero-order valence-corrected chi connectivity index (χ0v) is 11.8. The van der Waals surface area contributed by atoms with Crippen molar-refractivity contribution >= 4 is 11.9 Å². The van der Waals surface area contributed by atoms with Crippen LogP contribution in [0, 0.1) is 5.92 Å². The Kier molecular flexibility index (Phi) is 3.67. The predicted molar refractivity (Wildman–Crippen MR) is 70.9 cm³/mol. The van der Waals surface area contributed by atoms with Gasteiger partial charge in [-0.1, -0.05) is 5.16 Å². The lowest BCUT2D eigenvalue weighted by Crippen LogP contribution is -2.46. The zero-order chi connectivity index (χ0) is 15.0. The van der Waals surface area contributed by atoms with Gasteiger partial charge in [0, 0.05) is 18.5 Å². The van der Waals surface area contributed by atoms with Crippen LogP contribution in [0.15, 0.2) is 10.6 Å². The van der Waals surface area contributed by atoms with Crippen molar-refractivity contribution in [2.45, 2.75) is 31.7 Å². The van der Waals surface area contributed by atoms with Crippen molar-refractivity contribution in [3.63, 3.8) is 0 Å².